The van der Waals surface area contributed by atoms with Gasteiger partial charge < -0.3 is 9.64 Å². The first-order valence-corrected chi connectivity index (χ1v) is 6.10. The second-order valence-electron chi connectivity index (χ2n) is 4.78. The van der Waals surface area contributed by atoms with Gasteiger partial charge in [0.25, 0.3) is 0 Å². The monoisotopic (exact) mass is 228 g/mol. The first-order chi connectivity index (χ1) is 7.54. The van der Waals surface area contributed by atoms with Gasteiger partial charge in [0.1, 0.15) is 6.04 Å². The highest BCUT2D eigenvalue weighted by atomic mass is 16.5. The highest BCUT2D eigenvalue weighted by molar-refractivity contribution is 5.75. The van der Waals surface area contributed by atoms with Crippen LogP contribution in [-0.4, -0.2) is 62.1 Å². The Morgan fingerprint density at radius 3 is 2.81 bits per heavy atom. The average Bonchev–Trinajstić information content (AvgIpc) is 2.63. The molecule has 16 heavy (non-hydrogen) atoms. The van der Waals surface area contributed by atoms with Crippen LogP contribution in [0, 0.1) is 5.92 Å². The zero-order valence-electron chi connectivity index (χ0n) is 10.9. The molecule has 0 saturated carbocycles. The molecule has 4 nitrogen and oxygen atoms in total. The zero-order chi connectivity index (χ0) is 12.1. The minimum absolute atomic E-state index is 0.114. The number of hydrogen-bond acceptors (Lipinski definition) is 4. The minimum Gasteiger partial charge on any atom is -0.465 e. The van der Waals surface area contributed by atoms with E-state index in [4.69, 9.17) is 4.74 Å². The Bertz CT molecular complexity index is 233. The highest BCUT2D eigenvalue weighted by Crippen LogP contribution is 2.16. The lowest BCUT2D eigenvalue weighted by Gasteiger charge is -2.25. The molecular weight excluding hydrogens is 204 g/mol. The molecule has 1 aliphatic rings. The van der Waals surface area contributed by atoms with Crippen LogP contribution >= 0.6 is 0 Å². The van der Waals surface area contributed by atoms with Crippen molar-refractivity contribution in [3.8, 4) is 0 Å². The summed E-state index contributed by atoms with van der Waals surface area (Å²) in [7, 11) is 4.15. The third kappa shape index (κ3) is 3.76. The Morgan fingerprint density at radius 2 is 2.31 bits per heavy atom. The molecule has 0 aromatic rings. The van der Waals surface area contributed by atoms with Gasteiger partial charge in [0.2, 0.25) is 0 Å². The van der Waals surface area contributed by atoms with Gasteiger partial charge >= 0.3 is 5.97 Å². The Labute approximate surface area is 98.5 Å². The number of likely N-dealkylation sites (tertiary alicyclic amines) is 1. The number of carbonyl (C=O) groups is 1. The number of carbonyl (C=O) groups excluding carboxylic acids is 1. The third-order valence-electron chi connectivity index (χ3n) is 3.32. The van der Waals surface area contributed by atoms with Gasteiger partial charge in [0, 0.05) is 13.1 Å². The molecule has 0 aromatic carbocycles. The summed E-state index contributed by atoms with van der Waals surface area (Å²) in [6.45, 7) is 7.51. The van der Waals surface area contributed by atoms with Crippen LogP contribution in [0.25, 0.3) is 0 Å². The van der Waals surface area contributed by atoms with Crippen LogP contribution in [0.1, 0.15) is 20.3 Å². The van der Waals surface area contributed by atoms with Gasteiger partial charge in [0.05, 0.1) is 6.61 Å². The van der Waals surface area contributed by atoms with Crippen LogP contribution in [-0.2, 0) is 9.53 Å². The molecule has 0 amide bonds. The topological polar surface area (TPSA) is 32.8 Å². The molecular formula is C12H24N2O2. The second kappa shape index (κ2) is 6.21. The normalized spacial score (nSPS) is 23.7. The number of ether oxygens (including phenoxy) is 1. The van der Waals surface area contributed by atoms with Crippen LogP contribution in [0.2, 0.25) is 0 Å². The Hall–Kier alpha value is -0.610. The number of esters is 1. The van der Waals surface area contributed by atoms with E-state index in [0.29, 0.717) is 12.5 Å². The van der Waals surface area contributed by atoms with Crippen molar-refractivity contribution in [3.63, 3.8) is 0 Å². The third-order valence-corrected chi connectivity index (χ3v) is 3.32. The van der Waals surface area contributed by atoms with E-state index < -0.39 is 0 Å². The van der Waals surface area contributed by atoms with Crippen LogP contribution in [0.4, 0.5) is 0 Å². The molecule has 0 spiro atoms. The number of nitrogens with zero attached hydrogens (tertiary/aromatic N) is 2. The summed E-state index contributed by atoms with van der Waals surface area (Å²) in [5, 5.41) is 0. The molecule has 0 bridgehead atoms. The van der Waals surface area contributed by atoms with E-state index in [1.165, 1.54) is 13.0 Å². The Kier molecular flexibility index (Phi) is 5.22. The van der Waals surface area contributed by atoms with Crippen molar-refractivity contribution in [2.24, 2.45) is 5.92 Å². The first kappa shape index (κ1) is 13.5. The van der Waals surface area contributed by atoms with E-state index in [9.17, 15) is 4.79 Å². The standard InChI is InChI=1S/C12H24N2O2/c1-5-16-12(15)10(2)14(4)9-11-6-7-13(3)8-11/h10-11H,5-9H2,1-4H3. The SMILES string of the molecule is CCOC(=O)C(C)N(C)CC1CCN(C)C1. The van der Waals surface area contributed by atoms with Gasteiger partial charge in [-0.05, 0) is 46.8 Å². The van der Waals surface area contributed by atoms with Crippen molar-refractivity contribution < 1.29 is 9.53 Å². The lowest BCUT2D eigenvalue weighted by Crippen LogP contribution is -2.40. The molecule has 0 N–H and O–H groups in total. The smallest absolute Gasteiger partial charge is 0.323 e. The van der Waals surface area contributed by atoms with Crippen molar-refractivity contribution in [1.82, 2.24) is 9.80 Å². The number of likely N-dealkylation sites (N-methyl/N-ethyl adjacent to an activating group) is 1. The molecule has 1 fully saturated rings. The Balaban J connectivity index is 2.33. The summed E-state index contributed by atoms with van der Waals surface area (Å²) < 4.78 is 5.02. The maximum Gasteiger partial charge on any atom is 0.323 e. The summed E-state index contributed by atoms with van der Waals surface area (Å²) >= 11 is 0. The van der Waals surface area contributed by atoms with Crippen molar-refractivity contribution in [1.29, 1.82) is 0 Å². The molecule has 2 unspecified atom stereocenters. The van der Waals surface area contributed by atoms with Gasteiger partial charge in [-0.3, -0.25) is 9.69 Å². The van der Waals surface area contributed by atoms with Gasteiger partial charge in [0.15, 0.2) is 0 Å². The molecule has 1 aliphatic heterocycles. The van der Waals surface area contributed by atoms with Crippen LogP contribution in [0.5, 0.6) is 0 Å². The summed E-state index contributed by atoms with van der Waals surface area (Å²) in [5.74, 6) is 0.572. The fourth-order valence-corrected chi connectivity index (χ4v) is 2.18. The molecule has 2 atom stereocenters. The molecule has 1 saturated heterocycles. The average molecular weight is 228 g/mol. The van der Waals surface area contributed by atoms with Crippen LogP contribution < -0.4 is 0 Å². The van der Waals surface area contributed by atoms with Gasteiger partial charge in [-0.1, -0.05) is 0 Å². The fourth-order valence-electron chi connectivity index (χ4n) is 2.18. The summed E-state index contributed by atoms with van der Waals surface area (Å²) in [6, 6.07) is -0.133. The second-order valence-corrected chi connectivity index (χ2v) is 4.78. The lowest BCUT2D eigenvalue weighted by molar-refractivity contribution is -0.148. The van der Waals surface area contributed by atoms with E-state index in [1.807, 2.05) is 20.9 Å². The largest absolute Gasteiger partial charge is 0.465 e. The maximum atomic E-state index is 11.5. The Morgan fingerprint density at radius 1 is 1.62 bits per heavy atom. The quantitative estimate of drug-likeness (QED) is 0.652. The van der Waals surface area contributed by atoms with Crippen LogP contribution in [0.3, 0.4) is 0 Å². The van der Waals surface area contributed by atoms with Gasteiger partial charge in [-0.2, -0.15) is 0 Å². The van der Waals surface area contributed by atoms with Crippen molar-refractivity contribution >= 4 is 5.97 Å². The molecule has 1 heterocycles. The zero-order valence-corrected chi connectivity index (χ0v) is 10.9. The van der Waals surface area contributed by atoms with E-state index in [1.54, 1.807) is 0 Å². The first-order valence-electron chi connectivity index (χ1n) is 6.10. The van der Waals surface area contributed by atoms with E-state index in [0.717, 1.165) is 13.1 Å². The van der Waals surface area contributed by atoms with E-state index in [-0.39, 0.29) is 12.0 Å². The van der Waals surface area contributed by atoms with E-state index in [2.05, 4.69) is 16.8 Å². The van der Waals surface area contributed by atoms with Crippen LogP contribution in [0.15, 0.2) is 0 Å². The lowest BCUT2D eigenvalue weighted by atomic mass is 10.1. The predicted molar refractivity (Wildman–Crippen MR) is 64.3 cm³/mol. The summed E-state index contributed by atoms with van der Waals surface area (Å²) in [6.07, 6.45) is 1.23. The van der Waals surface area contributed by atoms with Crippen molar-refractivity contribution in [2.75, 3.05) is 40.3 Å². The molecule has 4 heteroatoms. The molecule has 0 aliphatic carbocycles. The van der Waals surface area contributed by atoms with E-state index >= 15 is 0 Å². The van der Waals surface area contributed by atoms with Gasteiger partial charge in [-0.15, -0.1) is 0 Å². The summed E-state index contributed by atoms with van der Waals surface area (Å²) in [4.78, 5) is 16.0. The fraction of sp³-hybridized carbons (Fsp3) is 0.917. The summed E-state index contributed by atoms with van der Waals surface area (Å²) in [5.41, 5.74) is 0. The highest BCUT2D eigenvalue weighted by Gasteiger charge is 2.25. The molecule has 1 rings (SSSR count). The molecule has 94 valence electrons. The van der Waals surface area contributed by atoms with Crippen molar-refractivity contribution in [2.45, 2.75) is 26.3 Å². The number of hydrogen-bond donors (Lipinski definition) is 0. The maximum absolute atomic E-state index is 11.5. The number of rotatable bonds is 5. The predicted octanol–water partition coefficient (Wildman–Crippen LogP) is 0.822. The van der Waals surface area contributed by atoms with Crippen molar-refractivity contribution in [3.05, 3.63) is 0 Å². The van der Waals surface area contributed by atoms with Gasteiger partial charge in [-0.25, -0.2) is 0 Å². The minimum atomic E-state index is -0.133. The molecule has 0 radical (unpaired) electrons. The molecule has 0 aromatic heterocycles.